The molecule has 1 aromatic heterocycles. The first kappa shape index (κ1) is 18.1. The molecule has 0 unspecified atom stereocenters. The summed E-state index contributed by atoms with van der Waals surface area (Å²) in [6.45, 7) is 1.97. The third-order valence-electron chi connectivity index (χ3n) is 3.47. The number of nitro groups is 1. The molecule has 1 N–H and O–H groups in total. The van der Waals surface area contributed by atoms with Crippen molar-refractivity contribution < 1.29 is 19.2 Å². The fraction of sp³-hybridized carbons (Fsp3) is 0.312. The smallest absolute Gasteiger partial charge is 0.276 e. The van der Waals surface area contributed by atoms with E-state index in [1.807, 2.05) is 0 Å². The van der Waals surface area contributed by atoms with Crippen molar-refractivity contribution in [1.82, 2.24) is 15.3 Å². The van der Waals surface area contributed by atoms with Gasteiger partial charge in [0.25, 0.3) is 11.6 Å². The number of hydrogen-bond acceptors (Lipinski definition) is 7. The SMILES string of the molecule is COc1cc(CCNC(=O)c2cnc(C)cn2)c([N+](=O)[O-])cc1OC. The average molecular weight is 346 g/mol. The molecule has 132 valence electrons. The maximum absolute atomic E-state index is 12.0. The van der Waals surface area contributed by atoms with E-state index in [2.05, 4.69) is 15.3 Å². The standard InChI is InChI=1S/C16H18N4O5/c1-10-8-19-12(9-18-10)16(21)17-5-4-11-6-14(24-2)15(25-3)7-13(11)20(22)23/h6-9H,4-5H2,1-3H3,(H,17,21). The fourth-order valence-corrected chi connectivity index (χ4v) is 2.19. The highest BCUT2D eigenvalue weighted by molar-refractivity contribution is 5.91. The van der Waals surface area contributed by atoms with Crippen LogP contribution in [0.25, 0.3) is 0 Å². The van der Waals surface area contributed by atoms with E-state index in [1.54, 1.807) is 6.92 Å². The first-order valence-electron chi connectivity index (χ1n) is 7.42. The third-order valence-corrected chi connectivity index (χ3v) is 3.47. The van der Waals surface area contributed by atoms with Crippen LogP contribution in [0.3, 0.4) is 0 Å². The summed E-state index contributed by atoms with van der Waals surface area (Å²) in [7, 11) is 2.86. The van der Waals surface area contributed by atoms with Gasteiger partial charge in [-0.15, -0.1) is 0 Å². The summed E-state index contributed by atoms with van der Waals surface area (Å²) in [5.74, 6) is 0.270. The fourth-order valence-electron chi connectivity index (χ4n) is 2.19. The zero-order valence-electron chi connectivity index (χ0n) is 14.1. The van der Waals surface area contributed by atoms with Crippen molar-refractivity contribution in [2.45, 2.75) is 13.3 Å². The second-order valence-electron chi connectivity index (χ2n) is 5.14. The van der Waals surface area contributed by atoms with Crippen LogP contribution in [0.1, 0.15) is 21.7 Å². The molecule has 2 aromatic rings. The molecule has 1 amide bonds. The van der Waals surface area contributed by atoms with E-state index in [0.717, 1.165) is 0 Å². The van der Waals surface area contributed by atoms with E-state index in [0.29, 0.717) is 17.0 Å². The molecule has 0 saturated heterocycles. The van der Waals surface area contributed by atoms with Crippen molar-refractivity contribution in [1.29, 1.82) is 0 Å². The van der Waals surface area contributed by atoms with Gasteiger partial charge in [-0.25, -0.2) is 4.98 Å². The minimum Gasteiger partial charge on any atom is -0.493 e. The van der Waals surface area contributed by atoms with Gasteiger partial charge in [0.1, 0.15) is 5.69 Å². The lowest BCUT2D eigenvalue weighted by Gasteiger charge is -2.11. The van der Waals surface area contributed by atoms with Crippen LogP contribution in [0.15, 0.2) is 24.5 Å². The van der Waals surface area contributed by atoms with E-state index in [1.165, 1.54) is 38.7 Å². The molecule has 0 fully saturated rings. The molecule has 25 heavy (non-hydrogen) atoms. The second kappa shape index (κ2) is 8.04. The van der Waals surface area contributed by atoms with E-state index >= 15 is 0 Å². The maximum atomic E-state index is 12.0. The summed E-state index contributed by atoms with van der Waals surface area (Å²) >= 11 is 0. The minimum absolute atomic E-state index is 0.0953. The van der Waals surface area contributed by atoms with E-state index < -0.39 is 10.8 Å². The van der Waals surface area contributed by atoms with Crippen molar-refractivity contribution in [3.05, 3.63) is 51.6 Å². The molecule has 0 aliphatic rings. The minimum atomic E-state index is -0.495. The number of nitrogens with zero attached hydrogens (tertiary/aromatic N) is 3. The number of aryl methyl sites for hydroxylation is 1. The number of aromatic nitrogens is 2. The summed E-state index contributed by atoms with van der Waals surface area (Å²) in [6, 6.07) is 2.84. The molecule has 0 aliphatic carbocycles. The summed E-state index contributed by atoms with van der Waals surface area (Å²) in [5.41, 5.74) is 1.23. The Labute approximate surface area is 144 Å². The van der Waals surface area contributed by atoms with Gasteiger partial charge in [-0.05, 0) is 19.4 Å². The zero-order chi connectivity index (χ0) is 18.4. The van der Waals surface area contributed by atoms with Gasteiger partial charge < -0.3 is 14.8 Å². The quantitative estimate of drug-likeness (QED) is 0.599. The number of benzene rings is 1. The Morgan fingerprint density at radius 2 is 1.88 bits per heavy atom. The monoisotopic (exact) mass is 346 g/mol. The molecule has 1 heterocycles. The molecule has 2 rings (SSSR count). The predicted octanol–water partition coefficient (Wildman–Crippen LogP) is 1.68. The van der Waals surface area contributed by atoms with Gasteiger partial charge in [0.2, 0.25) is 0 Å². The van der Waals surface area contributed by atoms with Crippen molar-refractivity contribution in [2.24, 2.45) is 0 Å². The Morgan fingerprint density at radius 1 is 1.20 bits per heavy atom. The Bertz CT molecular complexity index is 777. The van der Waals surface area contributed by atoms with Gasteiger partial charge in [0.05, 0.1) is 37.1 Å². The lowest BCUT2D eigenvalue weighted by molar-refractivity contribution is -0.385. The number of ether oxygens (including phenoxy) is 2. The Hall–Kier alpha value is -3.23. The summed E-state index contributed by atoms with van der Waals surface area (Å²) in [5, 5.41) is 13.9. The van der Waals surface area contributed by atoms with Gasteiger partial charge >= 0.3 is 0 Å². The molecule has 0 aliphatic heterocycles. The molecular weight excluding hydrogens is 328 g/mol. The number of nitrogens with one attached hydrogen (secondary N) is 1. The normalized spacial score (nSPS) is 10.2. The van der Waals surface area contributed by atoms with Gasteiger partial charge in [-0.2, -0.15) is 0 Å². The first-order chi connectivity index (χ1) is 12.0. The van der Waals surface area contributed by atoms with Crippen LogP contribution in [0.5, 0.6) is 11.5 Å². The lowest BCUT2D eigenvalue weighted by Crippen LogP contribution is -2.26. The Morgan fingerprint density at radius 3 is 2.44 bits per heavy atom. The van der Waals surface area contributed by atoms with Crippen LogP contribution >= 0.6 is 0 Å². The predicted molar refractivity (Wildman–Crippen MR) is 89.0 cm³/mol. The van der Waals surface area contributed by atoms with Crippen LogP contribution in [0.4, 0.5) is 5.69 Å². The number of amides is 1. The number of hydrogen-bond donors (Lipinski definition) is 1. The molecule has 0 bridgehead atoms. The number of carbonyl (C=O) groups is 1. The number of methoxy groups -OCH3 is 2. The van der Waals surface area contributed by atoms with Crippen molar-refractivity contribution in [2.75, 3.05) is 20.8 Å². The molecule has 0 radical (unpaired) electrons. The van der Waals surface area contributed by atoms with Gasteiger partial charge in [-0.3, -0.25) is 19.9 Å². The lowest BCUT2D eigenvalue weighted by atomic mass is 10.1. The molecule has 0 atom stereocenters. The van der Waals surface area contributed by atoms with Crippen LogP contribution in [-0.4, -0.2) is 41.6 Å². The molecule has 9 heteroatoms. The summed E-state index contributed by atoms with van der Waals surface area (Å²) in [6.07, 6.45) is 3.12. The highest BCUT2D eigenvalue weighted by Gasteiger charge is 2.19. The van der Waals surface area contributed by atoms with Crippen molar-refractivity contribution >= 4 is 11.6 Å². The maximum Gasteiger partial charge on any atom is 0.276 e. The average Bonchev–Trinajstić information content (AvgIpc) is 2.61. The van der Waals surface area contributed by atoms with E-state index in [9.17, 15) is 14.9 Å². The molecular formula is C16H18N4O5. The first-order valence-corrected chi connectivity index (χ1v) is 7.42. The Kier molecular flexibility index (Phi) is 5.83. The van der Waals surface area contributed by atoms with Crippen LogP contribution in [0, 0.1) is 17.0 Å². The highest BCUT2D eigenvalue weighted by atomic mass is 16.6. The third kappa shape index (κ3) is 4.40. The Balaban J connectivity index is 2.10. The van der Waals surface area contributed by atoms with Gasteiger partial charge in [-0.1, -0.05) is 0 Å². The van der Waals surface area contributed by atoms with E-state index in [4.69, 9.17) is 9.47 Å². The van der Waals surface area contributed by atoms with Gasteiger partial charge in [0.15, 0.2) is 11.5 Å². The van der Waals surface area contributed by atoms with Crippen LogP contribution in [-0.2, 0) is 6.42 Å². The largest absolute Gasteiger partial charge is 0.493 e. The highest BCUT2D eigenvalue weighted by Crippen LogP contribution is 2.34. The number of rotatable bonds is 7. The van der Waals surface area contributed by atoms with Crippen molar-refractivity contribution in [3.63, 3.8) is 0 Å². The summed E-state index contributed by atoms with van der Waals surface area (Å²) < 4.78 is 10.2. The van der Waals surface area contributed by atoms with Crippen LogP contribution < -0.4 is 14.8 Å². The zero-order valence-corrected chi connectivity index (χ0v) is 14.1. The molecule has 9 nitrogen and oxygen atoms in total. The van der Waals surface area contributed by atoms with Crippen LogP contribution in [0.2, 0.25) is 0 Å². The van der Waals surface area contributed by atoms with Crippen molar-refractivity contribution in [3.8, 4) is 11.5 Å². The topological polar surface area (TPSA) is 116 Å². The molecule has 0 spiro atoms. The molecule has 0 saturated carbocycles. The summed E-state index contributed by atoms with van der Waals surface area (Å²) in [4.78, 5) is 30.7. The second-order valence-corrected chi connectivity index (χ2v) is 5.14. The molecule has 1 aromatic carbocycles. The number of nitro benzene ring substituents is 1. The van der Waals surface area contributed by atoms with Gasteiger partial charge in [0, 0.05) is 18.3 Å². The number of carbonyl (C=O) groups excluding carboxylic acids is 1. The van der Waals surface area contributed by atoms with E-state index in [-0.39, 0.29) is 30.1 Å².